The van der Waals surface area contributed by atoms with Crippen LogP contribution in [-0.2, 0) is 6.54 Å². The van der Waals surface area contributed by atoms with E-state index in [4.69, 9.17) is 0 Å². The van der Waals surface area contributed by atoms with E-state index < -0.39 is 6.10 Å². The molecule has 2 rings (SSSR count). The van der Waals surface area contributed by atoms with Gasteiger partial charge in [-0.25, -0.2) is 0 Å². The molecule has 0 amide bonds. The summed E-state index contributed by atoms with van der Waals surface area (Å²) in [6, 6.07) is 5.95. The first-order valence-corrected chi connectivity index (χ1v) is 6.37. The highest BCUT2D eigenvalue weighted by molar-refractivity contribution is 9.10. The lowest BCUT2D eigenvalue weighted by atomic mass is 10.0. The number of aliphatic hydroxyl groups excluding tert-OH is 1. The molecular weight excluding hydrogens is 280 g/mol. The number of rotatable bonds is 3. The minimum absolute atomic E-state index is 0.635. The molecule has 0 fully saturated rings. The van der Waals surface area contributed by atoms with Crippen molar-refractivity contribution in [1.29, 1.82) is 0 Å². The molecule has 1 atom stereocenters. The number of benzene rings is 1. The van der Waals surface area contributed by atoms with Crippen molar-refractivity contribution in [2.45, 2.75) is 26.5 Å². The fraction of sp³-hybridized carbons (Fsp3) is 0.308. The first kappa shape index (κ1) is 12.3. The molecule has 0 saturated carbocycles. The highest BCUT2D eigenvalue weighted by Crippen LogP contribution is 2.29. The van der Waals surface area contributed by atoms with Gasteiger partial charge in [0.15, 0.2) is 0 Å². The summed E-state index contributed by atoms with van der Waals surface area (Å²) in [5.74, 6) is 0. The zero-order valence-corrected chi connectivity index (χ0v) is 11.5. The molecule has 1 N–H and O–H groups in total. The third-order valence-corrected chi connectivity index (χ3v) is 3.46. The zero-order chi connectivity index (χ0) is 12.4. The summed E-state index contributed by atoms with van der Waals surface area (Å²) in [6.07, 6.45) is 2.95. The summed E-state index contributed by atoms with van der Waals surface area (Å²) >= 11 is 3.46. The van der Waals surface area contributed by atoms with Gasteiger partial charge in [0.2, 0.25) is 0 Å². The van der Waals surface area contributed by atoms with Gasteiger partial charge in [0.1, 0.15) is 6.10 Å². The maximum Gasteiger partial charge on any atom is 0.108 e. The number of aryl methyl sites for hydroxylation is 2. The van der Waals surface area contributed by atoms with Gasteiger partial charge in [0, 0.05) is 22.8 Å². The van der Waals surface area contributed by atoms with E-state index in [-0.39, 0.29) is 0 Å². The van der Waals surface area contributed by atoms with Gasteiger partial charge in [0.05, 0.1) is 6.20 Å². The summed E-state index contributed by atoms with van der Waals surface area (Å²) in [4.78, 5) is 0. The topological polar surface area (TPSA) is 38.0 Å². The van der Waals surface area contributed by atoms with Crippen LogP contribution in [0.1, 0.15) is 29.7 Å². The molecule has 0 aliphatic heterocycles. The Morgan fingerprint density at radius 1 is 1.47 bits per heavy atom. The fourth-order valence-corrected chi connectivity index (χ4v) is 2.21. The van der Waals surface area contributed by atoms with Gasteiger partial charge in [-0.3, -0.25) is 4.68 Å². The molecule has 3 nitrogen and oxygen atoms in total. The number of aliphatic hydroxyl groups is 1. The van der Waals surface area contributed by atoms with Crippen molar-refractivity contribution in [2.24, 2.45) is 0 Å². The van der Waals surface area contributed by atoms with Gasteiger partial charge in [-0.1, -0.05) is 33.6 Å². The first-order valence-electron chi connectivity index (χ1n) is 5.58. The molecule has 0 aliphatic rings. The molecule has 1 heterocycles. The van der Waals surface area contributed by atoms with Crippen LogP contribution in [0.15, 0.2) is 35.1 Å². The van der Waals surface area contributed by atoms with E-state index in [1.807, 2.05) is 42.9 Å². The normalized spacial score (nSPS) is 12.7. The molecule has 1 unspecified atom stereocenters. The van der Waals surface area contributed by atoms with Crippen LogP contribution in [0.4, 0.5) is 0 Å². The van der Waals surface area contributed by atoms with E-state index in [9.17, 15) is 5.11 Å². The Morgan fingerprint density at radius 3 is 2.88 bits per heavy atom. The molecule has 0 bridgehead atoms. The minimum atomic E-state index is -0.635. The average Bonchev–Trinajstić information content (AvgIpc) is 2.80. The van der Waals surface area contributed by atoms with Gasteiger partial charge >= 0.3 is 0 Å². The predicted octanol–water partition coefficient (Wildman–Crippen LogP) is 3.06. The van der Waals surface area contributed by atoms with Crippen LogP contribution in [0.3, 0.4) is 0 Å². The van der Waals surface area contributed by atoms with Gasteiger partial charge in [0.25, 0.3) is 0 Å². The summed E-state index contributed by atoms with van der Waals surface area (Å²) < 4.78 is 2.72. The van der Waals surface area contributed by atoms with Crippen molar-refractivity contribution >= 4 is 15.9 Å². The van der Waals surface area contributed by atoms with Gasteiger partial charge in [-0.15, -0.1) is 0 Å². The second kappa shape index (κ2) is 5.02. The fourth-order valence-electron chi connectivity index (χ4n) is 1.75. The van der Waals surface area contributed by atoms with Crippen molar-refractivity contribution in [3.8, 4) is 0 Å². The molecule has 90 valence electrons. The lowest BCUT2D eigenvalue weighted by Gasteiger charge is -2.11. The lowest BCUT2D eigenvalue weighted by Crippen LogP contribution is -2.00. The summed E-state index contributed by atoms with van der Waals surface area (Å²) in [5, 5.41) is 14.5. The Morgan fingerprint density at radius 2 is 2.24 bits per heavy atom. The Bertz CT molecular complexity index is 522. The van der Waals surface area contributed by atoms with Crippen LogP contribution < -0.4 is 0 Å². The smallest absolute Gasteiger partial charge is 0.108 e. The van der Waals surface area contributed by atoms with Crippen LogP contribution in [0, 0.1) is 6.92 Å². The van der Waals surface area contributed by atoms with Crippen molar-refractivity contribution in [2.75, 3.05) is 0 Å². The molecule has 0 saturated heterocycles. The molecule has 0 spiro atoms. The van der Waals surface area contributed by atoms with Gasteiger partial charge in [-0.05, 0) is 25.5 Å². The van der Waals surface area contributed by atoms with Crippen LogP contribution in [0.2, 0.25) is 0 Å². The Balaban J connectivity index is 2.35. The Kier molecular flexibility index (Phi) is 3.64. The second-order valence-electron chi connectivity index (χ2n) is 4.06. The molecule has 0 aliphatic carbocycles. The van der Waals surface area contributed by atoms with Crippen LogP contribution in [0.5, 0.6) is 0 Å². The van der Waals surface area contributed by atoms with Crippen molar-refractivity contribution in [1.82, 2.24) is 9.78 Å². The first-order chi connectivity index (χ1) is 8.11. The maximum atomic E-state index is 10.3. The number of aromatic nitrogens is 2. The molecule has 2 aromatic rings. The average molecular weight is 295 g/mol. The third-order valence-electron chi connectivity index (χ3n) is 2.74. The molecule has 1 aromatic heterocycles. The molecular formula is C13H15BrN2O. The van der Waals surface area contributed by atoms with Crippen LogP contribution >= 0.6 is 15.9 Å². The van der Waals surface area contributed by atoms with E-state index >= 15 is 0 Å². The quantitative estimate of drug-likeness (QED) is 0.945. The highest BCUT2D eigenvalue weighted by atomic mass is 79.9. The van der Waals surface area contributed by atoms with Crippen LogP contribution in [-0.4, -0.2) is 14.9 Å². The predicted molar refractivity (Wildman–Crippen MR) is 70.8 cm³/mol. The van der Waals surface area contributed by atoms with Crippen molar-refractivity contribution in [3.63, 3.8) is 0 Å². The zero-order valence-electron chi connectivity index (χ0n) is 9.89. The Labute approximate surface area is 109 Å². The summed E-state index contributed by atoms with van der Waals surface area (Å²) in [6.45, 7) is 4.84. The number of halogens is 1. The highest BCUT2D eigenvalue weighted by Gasteiger charge is 2.15. The van der Waals surface area contributed by atoms with Crippen molar-refractivity contribution < 1.29 is 5.11 Å². The molecule has 1 aromatic carbocycles. The van der Waals surface area contributed by atoms with E-state index in [1.165, 1.54) is 0 Å². The van der Waals surface area contributed by atoms with E-state index in [0.29, 0.717) is 0 Å². The molecule has 4 heteroatoms. The van der Waals surface area contributed by atoms with E-state index in [0.717, 1.165) is 27.7 Å². The van der Waals surface area contributed by atoms with Crippen LogP contribution in [0.25, 0.3) is 0 Å². The van der Waals surface area contributed by atoms with Gasteiger partial charge in [-0.2, -0.15) is 5.10 Å². The maximum absolute atomic E-state index is 10.3. The number of hydrogen-bond acceptors (Lipinski definition) is 2. The SMILES string of the molecule is CCn1cc(C(O)c2cc(C)ccc2Br)cn1. The molecule has 17 heavy (non-hydrogen) atoms. The third kappa shape index (κ3) is 2.58. The monoisotopic (exact) mass is 294 g/mol. The van der Waals surface area contributed by atoms with E-state index in [2.05, 4.69) is 21.0 Å². The molecule has 0 radical (unpaired) electrons. The standard InChI is InChI=1S/C13H15BrN2O/c1-3-16-8-10(7-15-16)13(17)11-6-9(2)4-5-12(11)14/h4-8,13,17H,3H2,1-2H3. The number of hydrogen-bond donors (Lipinski definition) is 1. The largest absolute Gasteiger partial charge is 0.383 e. The number of nitrogens with zero attached hydrogens (tertiary/aromatic N) is 2. The summed E-state index contributed by atoms with van der Waals surface area (Å²) in [5.41, 5.74) is 2.82. The van der Waals surface area contributed by atoms with Gasteiger partial charge < -0.3 is 5.11 Å². The lowest BCUT2D eigenvalue weighted by molar-refractivity contribution is 0.219. The van der Waals surface area contributed by atoms with E-state index in [1.54, 1.807) is 6.20 Å². The summed E-state index contributed by atoms with van der Waals surface area (Å²) in [7, 11) is 0. The van der Waals surface area contributed by atoms with Crippen molar-refractivity contribution in [3.05, 3.63) is 51.8 Å². The second-order valence-corrected chi connectivity index (χ2v) is 4.91. The minimum Gasteiger partial charge on any atom is -0.383 e. The Hall–Kier alpha value is -1.13.